The van der Waals surface area contributed by atoms with Crippen molar-refractivity contribution in [3.8, 4) is 0 Å². The molecular weight excluding hydrogens is 254 g/mol. The minimum Gasteiger partial charge on any atom is -0.379 e. The molecule has 0 bridgehead atoms. The number of rotatable bonds is 13. The molecule has 0 aliphatic heterocycles. The zero-order valence-corrected chi connectivity index (χ0v) is 12.8. The van der Waals surface area contributed by atoms with Crippen LogP contribution in [0, 0.1) is 0 Å². The predicted molar refractivity (Wildman–Crippen MR) is 71.1 cm³/mol. The lowest BCUT2D eigenvalue weighted by molar-refractivity contribution is -0.0392. The topological polar surface area (TPSA) is 72.2 Å². The highest BCUT2D eigenvalue weighted by atomic mass is 28.4. The molecular formula is C11H27NO5Si. The third-order valence-corrected chi connectivity index (χ3v) is 4.45. The van der Waals surface area contributed by atoms with E-state index in [1.807, 2.05) is 20.8 Å². The van der Waals surface area contributed by atoms with Gasteiger partial charge in [0, 0.05) is 26.4 Å². The molecule has 0 aliphatic carbocycles. The van der Waals surface area contributed by atoms with Crippen LogP contribution in [0.5, 0.6) is 0 Å². The number of nitrogens with two attached hydrogens (primary N) is 1. The van der Waals surface area contributed by atoms with Crippen molar-refractivity contribution in [2.75, 3.05) is 46.2 Å². The van der Waals surface area contributed by atoms with Crippen molar-refractivity contribution >= 4 is 9.05 Å². The second-order valence-electron chi connectivity index (χ2n) is 3.40. The summed E-state index contributed by atoms with van der Waals surface area (Å²) >= 11 is 0. The van der Waals surface area contributed by atoms with E-state index in [9.17, 15) is 0 Å². The molecule has 0 fully saturated rings. The average Bonchev–Trinajstić information content (AvgIpc) is 2.35. The van der Waals surface area contributed by atoms with Gasteiger partial charge >= 0.3 is 9.05 Å². The Bertz CT molecular complexity index is 168. The van der Waals surface area contributed by atoms with Crippen molar-refractivity contribution in [1.82, 2.24) is 0 Å². The Labute approximate surface area is 111 Å². The molecule has 0 spiro atoms. The van der Waals surface area contributed by atoms with E-state index in [1.54, 1.807) is 0 Å². The van der Waals surface area contributed by atoms with Gasteiger partial charge in [0.2, 0.25) is 0 Å². The van der Waals surface area contributed by atoms with Crippen LogP contribution in [0.3, 0.4) is 0 Å². The van der Waals surface area contributed by atoms with Crippen LogP contribution >= 0.6 is 0 Å². The Morgan fingerprint density at radius 1 is 0.778 bits per heavy atom. The summed E-state index contributed by atoms with van der Waals surface area (Å²) in [4.78, 5) is 0. The molecule has 0 saturated heterocycles. The van der Waals surface area contributed by atoms with E-state index in [-0.39, 0.29) is 0 Å². The van der Waals surface area contributed by atoms with E-state index in [2.05, 4.69) is 0 Å². The second-order valence-corrected chi connectivity index (χ2v) is 5.56. The van der Waals surface area contributed by atoms with Crippen LogP contribution in [0.1, 0.15) is 27.2 Å². The molecule has 2 N–H and O–H groups in total. The maximum atomic E-state index is 5.65. The van der Waals surface area contributed by atoms with E-state index >= 15 is 0 Å². The van der Waals surface area contributed by atoms with Gasteiger partial charge in [-0.25, -0.2) is 0 Å². The maximum absolute atomic E-state index is 5.65. The highest BCUT2D eigenvalue weighted by Gasteiger charge is 2.44. The Balaban J connectivity index is 3.97. The largest absolute Gasteiger partial charge is 0.679 e. The summed E-state index contributed by atoms with van der Waals surface area (Å²) in [7, 11) is -2.97. The smallest absolute Gasteiger partial charge is 0.379 e. The first-order chi connectivity index (χ1) is 8.74. The number of ether oxygens (including phenoxy) is 1. The van der Waals surface area contributed by atoms with Crippen LogP contribution in [0.15, 0.2) is 0 Å². The summed E-state index contributed by atoms with van der Waals surface area (Å²) in [6, 6.07) is 0. The molecule has 0 aromatic carbocycles. The molecule has 0 atom stereocenters. The second kappa shape index (κ2) is 12.0. The van der Waals surface area contributed by atoms with Crippen LogP contribution < -0.4 is 5.73 Å². The number of hydrogen-bond acceptors (Lipinski definition) is 6. The third-order valence-electron chi connectivity index (χ3n) is 1.96. The zero-order chi connectivity index (χ0) is 13.7. The molecule has 7 heteroatoms. The van der Waals surface area contributed by atoms with Crippen molar-refractivity contribution in [2.24, 2.45) is 5.73 Å². The minimum atomic E-state index is -2.97. The van der Waals surface area contributed by atoms with Crippen LogP contribution in [-0.4, -0.2) is 55.2 Å². The first-order valence-corrected chi connectivity index (χ1v) is 8.21. The lowest BCUT2D eigenvalue weighted by Crippen LogP contribution is -2.49. The molecule has 0 rings (SSSR count). The molecule has 0 aromatic heterocycles. The van der Waals surface area contributed by atoms with Gasteiger partial charge in [0.1, 0.15) is 0 Å². The van der Waals surface area contributed by atoms with Gasteiger partial charge in [-0.2, -0.15) is 0 Å². The predicted octanol–water partition coefficient (Wildman–Crippen LogP) is 0.914. The van der Waals surface area contributed by atoms with Crippen LogP contribution in [0.4, 0.5) is 0 Å². The van der Waals surface area contributed by atoms with Crippen LogP contribution in [-0.2, 0) is 22.4 Å². The first-order valence-electron chi connectivity index (χ1n) is 6.58. The summed E-state index contributed by atoms with van der Waals surface area (Å²) in [5, 5.41) is 0. The quantitative estimate of drug-likeness (QED) is 0.400. The molecule has 0 radical (unpaired) electrons. The third kappa shape index (κ3) is 8.14. The van der Waals surface area contributed by atoms with E-state index in [1.165, 1.54) is 0 Å². The fourth-order valence-corrected chi connectivity index (χ4v) is 3.19. The molecule has 0 aliphatic rings. The van der Waals surface area contributed by atoms with Gasteiger partial charge in [-0.05, 0) is 33.7 Å². The molecule has 18 heavy (non-hydrogen) atoms. The Hall–Kier alpha value is -0.0231. The van der Waals surface area contributed by atoms with Crippen molar-refractivity contribution in [2.45, 2.75) is 27.2 Å². The van der Waals surface area contributed by atoms with E-state index in [0.29, 0.717) is 46.2 Å². The van der Waals surface area contributed by atoms with Crippen molar-refractivity contribution < 1.29 is 22.4 Å². The van der Waals surface area contributed by atoms with Gasteiger partial charge in [0.25, 0.3) is 0 Å². The summed E-state index contributed by atoms with van der Waals surface area (Å²) in [5.74, 6) is 0. The SMILES string of the molecule is CCO[Si](OCC)(OCC)OCCOCCCN. The van der Waals surface area contributed by atoms with Crippen molar-refractivity contribution in [1.29, 1.82) is 0 Å². The molecule has 0 amide bonds. The van der Waals surface area contributed by atoms with Crippen LogP contribution in [0.2, 0.25) is 0 Å². The Morgan fingerprint density at radius 2 is 1.33 bits per heavy atom. The molecule has 0 heterocycles. The van der Waals surface area contributed by atoms with Gasteiger partial charge in [0.15, 0.2) is 0 Å². The van der Waals surface area contributed by atoms with Crippen molar-refractivity contribution in [3.05, 3.63) is 0 Å². The maximum Gasteiger partial charge on any atom is 0.679 e. The highest BCUT2D eigenvalue weighted by Crippen LogP contribution is 2.11. The molecule has 0 saturated carbocycles. The van der Waals surface area contributed by atoms with Gasteiger partial charge in [-0.15, -0.1) is 0 Å². The van der Waals surface area contributed by atoms with Gasteiger partial charge < -0.3 is 28.2 Å². The Morgan fingerprint density at radius 3 is 1.78 bits per heavy atom. The summed E-state index contributed by atoms with van der Waals surface area (Å²) in [6.07, 6.45) is 0.852. The van der Waals surface area contributed by atoms with Gasteiger partial charge in [-0.1, -0.05) is 0 Å². The van der Waals surface area contributed by atoms with Gasteiger partial charge in [-0.3, -0.25) is 0 Å². The summed E-state index contributed by atoms with van der Waals surface area (Å²) in [5.41, 5.74) is 5.37. The van der Waals surface area contributed by atoms with Gasteiger partial charge in [0.05, 0.1) is 13.2 Å². The van der Waals surface area contributed by atoms with E-state index < -0.39 is 9.05 Å². The molecule has 110 valence electrons. The Kier molecular flexibility index (Phi) is 12.0. The highest BCUT2D eigenvalue weighted by molar-refractivity contribution is 6.53. The van der Waals surface area contributed by atoms with E-state index in [0.717, 1.165) is 6.42 Å². The summed E-state index contributed by atoms with van der Waals surface area (Å²) in [6.45, 7) is 9.34. The first kappa shape index (κ1) is 18.0. The van der Waals surface area contributed by atoms with E-state index in [4.69, 9.17) is 28.2 Å². The monoisotopic (exact) mass is 281 g/mol. The zero-order valence-electron chi connectivity index (χ0n) is 11.8. The summed E-state index contributed by atoms with van der Waals surface area (Å²) < 4.78 is 27.6. The normalized spacial score (nSPS) is 12.0. The molecule has 6 nitrogen and oxygen atoms in total. The van der Waals surface area contributed by atoms with Crippen LogP contribution in [0.25, 0.3) is 0 Å². The fraction of sp³-hybridized carbons (Fsp3) is 1.00. The van der Waals surface area contributed by atoms with Crippen molar-refractivity contribution in [3.63, 3.8) is 0 Å². The molecule has 0 aromatic rings. The molecule has 0 unspecified atom stereocenters. The average molecular weight is 281 g/mol. The minimum absolute atomic E-state index is 0.400. The standard InChI is InChI=1S/C11H27NO5Si/c1-4-14-18(15-5-2,16-6-3)17-11-10-13-9-7-8-12/h4-12H2,1-3H3. The number of hydrogen-bond donors (Lipinski definition) is 1. The fourth-order valence-electron chi connectivity index (χ4n) is 1.29. The lowest BCUT2D eigenvalue weighted by atomic mass is 10.5. The lowest BCUT2D eigenvalue weighted by Gasteiger charge is -2.26.